The molecule has 40 heavy (non-hydrogen) atoms. The van der Waals surface area contributed by atoms with Crippen LogP contribution in [0.1, 0.15) is 75.3 Å². The number of halogens is 3. The second kappa shape index (κ2) is 11.1. The van der Waals surface area contributed by atoms with Gasteiger partial charge in [0.2, 0.25) is 0 Å². The zero-order valence-electron chi connectivity index (χ0n) is 24.1. The van der Waals surface area contributed by atoms with Crippen LogP contribution in [0.3, 0.4) is 0 Å². The van der Waals surface area contributed by atoms with Crippen LogP contribution in [0.25, 0.3) is 5.57 Å². The Hall–Kier alpha value is -3.07. The summed E-state index contributed by atoms with van der Waals surface area (Å²) in [6.45, 7) is 10.1. The molecule has 0 spiro atoms. The van der Waals surface area contributed by atoms with Crippen LogP contribution in [0, 0.1) is 12.3 Å². The van der Waals surface area contributed by atoms with Crippen molar-refractivity contribution in [2.75, 3.05) is 25.6 Å². The van der Waals surface area contributed by atoms with Crippen molar-refractivity contribution in [1.82, 2.24) is 4.90 Å². The van der Waals surface area contributed by atoms with Gasteiger partial charge in [-0.3, -0.25) is 4.90 Å². The van der Waals surface area contributed by atoms with Crippen molar-refractivity contribution < 1.29 is 27.4 Å². The summed E-state index contributed by atoms with van der Waals surface area (Å²) in [6, 6.07) is 9.37. The van der Waals surface area contributed by atoms with Crippen molar-refractivity contribution in [3.63, 3.8) is 0 Å². The second-order valence-corrected chi connectivity index (χ2v) is 12.3. The highest BCUT2D eigenvalue weighted by Gasteiger charge is 2.42. The van der Waals surface area contributed by atoms with Crippen LogP contribution in [0.5, 0.6) is 5.75 Å². The summed E-state index contributed by atoms with van der Waals surface area (Å²) < 4.78 is 52.0. The van der Waals surface area contributed by atoms with Gasteiger partial charge in [0, 0.05) is 24.8 Å². The van der Waals surface area contributed by atoms with Gasteiger partial charge in [0.15, 0.2) is 0 Å². The number of carbonyl (C=O) groups excluding carboxylic acids is 1. The van der Waals surface area contributed by atoms with Gasteiger partial charge in [-0.1, -0.05) is 37.7 Å². The Kier molecular flexibility index (Phi) is 8.28. The number of benzene rings is 2. The molecule has 1 saturated heterocycles. The molecule has 4 rings (SSSR count). The molecule has 0 aromatic heterocycles. The Morgan fingerprint density at radius 2 is 1.93 bits per heavy atom. The molecule has 1 heterocycles. The third-order valence-electron chi connectivity index (χ3n) is 8.05. The van der Waals surface area contributed by atoms with E-state index in [0.29, 0.717) is 17.7 Å². The molecule has 0 saturated carbocycles. The number of rotatable bonds is 6. The normalized spacial score (nSPS) is 20.9. The van der Waals surface area contributed by atoms with Crippen molar-refractivity contribution in [1.29, 1.82) is 0 Å². The van der Waals surface area contributed by atoms with Crippen LogP contribution in [-0.2, 0) is 10.9 Å². The zero-order chi connectivity index (χ0) is 29.6. The van der Waals surface area contributed by atoms with Gasteiger partial charge < -0.3 is 14.4 Å². The average molecular weight is 575 g/mol. The molecule has 0 unspecified atom stereocenters. The lowest BCUT2D eigenvalue weighted by Gasteiger charge is -2.36. The van der Waals surface area contributed by atoms with E-state index < -0.39 is 30.0 Å². The van der Waals surface area contributed by atoms with Gasteiger partial charge in [-0.2, -0.15) is 13.2 Å². The van der Waals surface area contributed by atoms with Crippen molar-refractivity contribution in [3.8, 4) is 5.75 Å². The first-order valence-corrected chi connectivity index (χ1v) is 13.8. The minimum absolute atomic E-state index is 0.0237. The number of anilines is 1. The quantitative estimate of drug-likeness (QED) is 0.325. The van der Waals surface area contributed by atoms with E-state index in [-0.39, 0.29) is 5.41 Å². The van der Waals surface area contributed by atoms with Gasteiger partial charge in [0.05, 0.1) is 23.7 Å². The summed E-state index contributed by atoms with van der Waals surface area (Å²) in [5, 5.41) is 0. The molecule has 2 aromatic rings. The lowest BCUT2D eigenvalue weighted by molar-refractivity contribution is -0.137. The molecule has 1 fully saturated rings. The number of amides is 1. The minimum atomic E-state index is -4.48. The number of hydrogen-bond acceptors (Lipinski definition) is 4. The largest absolute Gasteiger partial charge is 0.496 e. The van der Waals surface area contributed by atoms with E-state index in [1.807, 2.05) is 37.9 Å². The summed E-state index contributed by atoms with van der Waals surface area (Å²) in [6.07, 6.45) is -3.28. The highest BCUT2D eigenvalue weighted by Crippen LogP contribution is 2.46. The van der Waals surface area contributed by atoms with Gasteiger partial charge in [-0.25, -0.2) is 4.79 Å². The molecule has 0 radical (unpaired) electrons. The first-order valence-electron chi connectivity index (χ1n) is 13.4. The van der Waals surface area contributed by atoms with E-state index in [4.69, 9.17) is 21.7 Å². The van der Waals surface area contributed by atoms with Gasteiger partial charge >= 0.3 is 12.3 Å². The number of cyclic esters (lactones) is 1. The topological polar surface area (TPSA) is 42.0 Å². The number of alkyl halides is 3. The smallest absolute Gasteiger partial charge is 0.416 e. The minimum Gasteiger partial charge on any atom is -0.496 e. The van der Waals surface area contributed by atoms with Crippen LogP contribution in [0.4, 0.5) is 23.7 Å². The van der Waals surface area contributed by atoms with E-state index in [0.717, 1.165) is 64.5 Å². The SMILES string of the molecule is COc1ccc(N(C)C(C)=S)cc1C1=C(CN2C(=O)O[C@H](c3cc(C)cc(C(F)(F)F)c3)[C@@H]2C)CC(C)(C)CC1. The third-order valence-corrected chi connectivity index (χ3v) is 8.32. The number of methoxy groups -OCH3 is 1. The van der Waals surface area contributed by atoms with E-state index in [9.17, 15) is 18.0 Å². The fraction of sp³-hybridized carbons (Fsp3) is 0.484. The van der Waals surface area contributed by atoms with Crippen molar-refractivity contribution >= 4 is 34.6 Å². The number of ether oxygens (including phenoxy) is 2. The summed E-state index contributed by atoms with van der Waals surface area (Å²) in [4.78, 5) is 17.5. The molecule has 1 aliphatic carbocycles. The van der Waals surface area contributed by atoms with E-state index in [2.05, 4.69) is 19.9 Å². The molecular weight excluding hydrogens is 537 g/mol. The van der Waals surface area contributed by atoms with Gasteiger partial charge in [-0.05, 0) is 92.5 Å². The summed E-state index contributed by atoms with van der Waals surface area (Å²) in [5.74, 6) is 0.737. The van der Waals surface area contributed by atoms with Gasteiger partial charge in [0.1, 0.15) is 11.9 Å². The maximum Gasteiger partial charge on any atom is 0.416 e. The molecule has 2 aliphatic rings. The zero-order valence-corrected chi connectivity index (χ0v) is 24.9. The number of carbonyl (C=O) groups is 1. The average Bonchev–Trinajstić information content (AvgIpc) is 3.15. The van der Waals surface area contributed by atoms with Crippen LogP contribution >= 0.6 is 12.2 Å². The molecule has 9 heteroatoms. The fourth-order valence-electron chi connectivity index (χ4n) is 5.72. The molecule has 2 aromatic carbocycles. The third kappa shape index (κ3) is 6.14. The van der Waals surface area contributed by atoms with E-state index in [1.165, 1.54) is 0 Å². The first kappa shape index (κ1) is 29.9. The summed E-state index contributed by atoms with van der Waals surface area (Å²) in [5.41, 5.74) is 4.20. The molecule has 0 bridgehead atoms. The van der Waals surface area contributed by atoms with Crippen LogP contribution < -0.4 is 9.64 Å². The van der Waals surface area contributed by atoms with Crippen molar-refractivity contribution in [3.05, 3.63) is 64.2 Å². The van der Waals surface area contributed by atoms with E-state index >= 15 is 0 Å². The van der Waals surface area contributed by atoms with Crippen molar-refractivity contribution in [2.45, 2.75) is 72.2 Å². The monoisotopic (exact) mass is 574 g/mol. The number of allylic oxidation sites excluding steroid dienone is 1. The van der Waals surface area contributed by atoms with Crippen molar-refractivity contribution in [2.24, 2.45) is 5.41 Å². The lowest BCUT2D eigenvalue weighted by Crippen LogP contribution is -2.35. The molecule has 216 valence electrons. The number of aryl methyl sites for hydroxylation is 1. The molecular formula is C31H37F3N2O3S. The van der Waals surface area contributed by atoms with Gasteiger partial charge in [0.25, 0.3) is 0 Å². The Morgan fingerprint density at radius 3 is 2.55 bits per heavy atom. The molecule has 1 amide bonds. The number of nitrogens with zero attached hydrogens (tertiary/aromatic N) is 2. The summed E-state index contributed by atoms with van der Waals surface area (Å²) in [7, 11) is 3.56. The Balaban J connectivity index is 1.73. The first-order chi connectivity index (χ1) is 18.6. The Labute approximate surface area is 239 Å². The second-order valence-electron chi connectivity index (χ2n) is 11.7. The predicted molar refractivity (Wildman–Crippen MR) is 156 cm³/mol. The van der Waals surface area contributed by atoms with Gasteiger partial charge in [-0.15, -0.1) is 0 Å². The van der Waals surface area contributed by atoms with Crippen LogP contribution in [-0.4, -0.2) is 42.7 Å². The fourth-order valence-corrected chi connectivity index (χ4v) is 5.82. The molecule has 5 nitrogen and oxygen atoms in total. The summed E-state index contributed by atoms with van der Waals surface area (Å²) >= 11 is 5.39. The van der Waals surface area contributed by atoms with Crippen LogP contribution in [0.2, 0.25) is 0 Å². The Bertz CT molecular complexity index is 1350. The van der Waals surface area contributed by atoms with Crippen LogP contribution in [0.15, 0.2) is 42.0 Å². The number of hydrogen-bond donors (Lipinski definition) is 0. The maximum absolute atomic E-state index is 13.5. The molecule has 0 N–H and O–H groups in total. The highest BCUT2D eigenvalue weighted by atomic mass is 32.1. The predicted octanol–water partition coefficient (Wildman–Crippen LogP) is 8.35. The maximum atomic E-state index is 13.5. The number of thiocarbonyl (C=S) groups is 1. The Morgan fingerprint density at radius 1 is 1.23 bits per heavy atom. The van der Waals surface area contributed by atoms with E-state index in [1.54, 1.807) is 25.0 Å². The highest BCUT2D eigenvalue weighted by molar-refractivity contribution is 7.80. The molecule has 1 aliphatic heterocycles. The lowest BCUT2D eigenvalue weighted by atomic mass is 9.72. The standard InChI is InChI=1S/C31H37F3N2O3S/c1-18-12-21(14-23(13-18)31(32,33)34)28-19(2)36(29(37)39-28)17-22-16-30(4,5)11-10-25(22)26-15-24(35(6)20(3)40)8-9-27(26)38-7/h8-9,12-15,19,28H,10-11,16-17H2,1-7H3/t19-,28-/m0/s1. The molecule has 2 atom stereocenters.